The van der Waals surface area contributed by atoms with Crippen LogP contribution in [0.1, 0.15) is 35.3 Å². The lowest BCUT2D eigenvalue weighted by molar-refractivity contribution is 0.170. The molecule has 0 aliphatic heterocycles. The van der Waals surface area contributed by atoms with Crippen LogP contribution >= 0.6 is 11.3 Å². The predicted octanol–water partition coefficient (Wildman–Crippen LogP) is 3.11. The molecule has 0 bridgehead atoms. The molecule has 20 heavy (non-hydrogen) atoms. The van der Waals surface area contributed by atoms with Crippen molar-refractivity contribution in [3.05, 3.63) is 51.5 Å². The topological polar surface area (TPSA) is 45.1 Å². The van der Waals surface area contributed by atoms with E-state index in [1.165, 1.54) is 6.07 Å². The number of hydrogen-bond donors (Lipinski definition) is 2. The number of thiazole rings is 1. The highest BCUT2D eigenvalue weighted by Gasteiger charge is 2.14. The summed E-state index contributed by atoms with van der Waals surface area (Å²) < 4.78 is 25.9. The number of aromatic nitrogens is 1. The van der Waals surface area contributed by atoms with Gasteiger partial charge in [0.15, 0.2) is 11.6 Å². The largest absolute Gasteiger partial charge is 0.387 e. The van der Waals surface area contributed by atoms with Crippen LogP contribution in [0.4, 0.5) is 8.78 Å². The second kappa shape index (κ2) is 6.39. The number of aliphatic hydroxyl groups excluding tert-OH is 1. The molecule has 108 valence electrons. The van der Waals surface area contributed by atoms with E-state index in [4.69, 9.17) is 0 Å². The number of nitrogens with one attached hydrogen (secondary N) is 1. The van der Waals surface area contributed by atoms with Crippen molar-refractivity contribution in [1.29, 1.82) is 0 Å². The standard InChI is InChI=1S/C14H16F2N2OS/c1-8-7-20-14(18-8)9(2)17-6-13(19)10-3-4-11(15)12(16)5-10/h3-5,7,9,13,17,19H,6H2,1-2H3. The Morgan fingerprint density at radius 3 is 2.70 bits per heavy atom. The Morgan fingerprint density at radius 2 is 2.10 bits per heavy atom. The molecular formula is C14H16F2N2OS. The van der Waals surface area contributed by atoms with Gasteiger partial charge in [0.2, 0.25) is 0 Å². The zero-order valence-electron chi connectivity index (χ0n) is 11.2. The first-order valence-corrected chi connectivity index (χ1v) is 7.13. The molecule has 2 aromatic rings. The molecule has 6 heteroatoms. The maximum atomic E-state index is 13.1. The van der Waals surface area contributed by atoms with Gasteiger partial charge in [0.25, 0.3) is 0 Å². The van der Waals surface area contributed by atoms with Crippen molar-refractivity contribution in [2.45, 2.75) is 26.0 Å². The van der Waals surface area contributed by atoms with Gasteiger partial charge in [-0.1, -0.05) is 6.07 Å². The quantitative estimate of drug-likeness (QED) is 0.891. The summed E-state index contributed by atoms with van der Waals surface area (Å²) in [6.45, 7) is 4.10. The van der Waals surface area contributed by atoms with Gasteiger partial charge in [-0.2, -0.15) is 0 Å². The van der Waals surface area contributed by atoms with Gasteiger partial charge in [-0.15, -0.1) is 11.3 Å². The molecule has 2 N–H and O–H groups in total. The van der Waals surface area contributed by atoms with Crippen molar-refractivity contribution in [3.8, 4) is 0 Å². The predicted molar refractivity (Wildman–Crippen MR) is 74.6 cm³/mol. The summed E-state index contributed by atoms with van der Waals surface area (Å²) >= 11 is 1.54. The van der Waals surface area contributed by atoms with E-state index in [0.717, 1.165) is 22.8 Å². The highest BCUT2D eigenvalue weighted by atomic mass is 32.1. The zero-order chi connectivity index (χ0) is 14.7. The molecule has 0 saturated heterocycles. The van der Waals surface area contributed by atoms with E-state index in [1.54, 1.807) is 11.3 Å². The second-order valence-corrected chi connectivity index (χ2v) is 5.54. The minimum atomic E-state index is -0.954. The molecule has 0 amide bonds. The summed E-state index contributed by atoms with van der Waals surface area (Å²) in [7, 11) is 0. The van der Waals surface area contributed by atoms with Gasteiger partial charge >= 0.3 is 0 Å². The van der Waals surface area contributed by atoms with Crippen LogP contribution in [0.5, 0.6) is 0 Å². The van der Waals surface area contributed by atoms with E-state index >= 15 is 0 Å². The van der Waals surface area contributed by atoms with Crippen LogP contribution in [0.15, 0.2) is 23.6 Å². The third-order valence-electron chi connectivity index (χ3n) is 2.95. The fraction of sp³-hybridized carbons (Fsp3) is 0.357. The van der Waals surface area contributed by atoms with Gasteiger partial charge in [-0.05, 0) is 31.5 Å². The van der Waals surface area contributed by atoms with Gasteiger partial charge in [0.1, 0.15) is 5.01 Å². The molecule has 2 unspecified atom stereocenters. The van der Waals surface area contributed by atoms with E-state index < -0.39 is 17.7 Å². The lowest BCUT2D eigenvalue weighted by Gasteiger charge is -2.16. The molecule has 1 aromatic carbocycles. The number of rotatable bonds is 5. The van der Waals surface area contributed by atoms with Gasteiger partial charge < -0.3 is 10.4 Å². The molecule has 0 aliphatic rings. The van der Waals surface area contributed by atoms with Gasteiger partial charge in [-0.25, -0.2) is 13.8 Å². The minimum Gasteiger partial charge on any atom is -0.387 e. The Bertz CT molecular complexity index is 588. The maximum absolute atomic E-state index is 13.1. The molecule has 3 nitrogen and oxygen atoms in total. The zero-order valence-corrected chi connectivity index (χ0v) is 12.0. The average molecular weight is 298 g/mol. The van der Waals surface area contributed by atoms with Gasteiger partial charge in [0.05, 0.1) is 12.1 Å². The molecule has 0 spiro atoms. The lowest BCUT2D eigenvalue weighted by Crippen LogP contribution is -2.24. The summed E-state index contributed by atoms with van der Waals surface area (Å²) in [5.74, 6) is -1.87. The Labute approximate surface area is 120 Å². The van der Waals surface area contributed by atoms with E-state index in [2.05, 4.69) is 10.3 Å². The fourth-order valence-corrected chi connectivity index (χ4v) is 2.61. The van der Waals surface area contributed by atoms with E-state index in [-0.39, 0.29) is 12.6 Å². The first kappa shape index (κ1) is 15.0. The summed E-state index contributed by atoms with van der Waals surface area (Å²) in [5.41, 5.74) is 1.30. The SMILES string of the molecule is Cc1csc(C(C)NCC(O)c2ccc(F)c(F)c2)n1. The van der Waals surface area contributed by atoms with Crippen molar-refractivity contribution >= 4 is 11.3 Å². The smallest absolute Gasteiger partial charge is 0.159 e. The fourth-order valence-electron chi connectivity index (χ4n) is 1.78. The molecular weight excluding hydrogens is 282 g/mol. The summed E-state index contributed by atoms with van der Waals surface area (Å²) in [5, 5.41) is 16.0. The first-order valence-electron chi connectivity index (χ1n) is 6.26. The van der Waals surface area contributed by atoms with Crippen molar-refractivity contribution in [2.24, 2.45) is 0 Å². The van der Waals surface area contributed by atoms with Crippen molar-refractivity contribution in [1.82, 2.24) is 10.3 Å². The summed E-state index contributed by atoms with van der Waals surface area (Å²) in [6, 6.07) is 3.40. The number of aliphatic hydroxyl groups is 1. The number of halogens is 2. The Hall–Kier alpha value is -1.37. The summed E-state index contributed by atoms with van der Waals surface area (Å²) in [6.07, 6.45) is -0.895. The molecule has 2 atom stereocenters. The van der Waals surface area contributed by atoms with E-state index in [1.807, 2.05) is 19.2 Å². The Morgan fingerprint density at radius 1 is 1.35 bits per heavy atom. The van der Waals surface area contributed by atoms with Gasteiger partial charge in [0, 0.05) is 17.6 Å². The van der Waals surface area contributed by atoms with E-state index in [9.17, 15) is 13.9 Å². The van der Waals surface area contributed by atoms with Crippen LogP contribution in [-0.4, -0.2) is 16.6 Å². The molecule has 0 radical (unpaired) electrons. The molecule has 0 aliphatic carbocycles. The first-order chi connectivity index (χ1) is 9.47. The molecule has 0 saturated carbocycles. The third-order valence-corrected chi connectivity index (χ3v) is 4.10. The minimum absolute atomic E-state index is 0.00588. The molecule has 1 heterocycles. The van der Waals surface area contributed by atoms with Crippen molar-refractivity contribution in [3.63, 3.8) is 0 Å². The number of nitrogens with zero attached hydrogens (tertiary/aromatic N) is 1. The van der Waals surface area contributed by atoms with Crippen LogP contribution in [-0.2, 0) is 0 Å². The van der Waals surface area contributed by atoms with Crippen molar-refractivity contribution < 1.29 is 13.9 Å². The Kier molecular flexibility index (Phi) is 4.80. The highest BCUT2D eigenvalue weighted by molar-refractivity contribution is 7.09. The van der Waals surface area contributed by atoms with Gasteiger partial charge in [-0.3, -0.25) is 0 Å². The normalized spacial score (nSPS) is 14.2. The van der Waals surface area contributed by atoms with E-state index in [0.29, 0.717) is 5.56 Å². The second-order valence-electron chi connectivity index (χ2n) is 4.65. The monoisotopic (exact) mass is 298 g/mol. The van der Waals surface area contributed by atoms with Crippen LogP contribution in [0.3, 0.4) is 0 Å². The van der Waals surface area contributed by atoms with Crippen LogP contribution < -0.4 is 5.32 Å². The Balaban J connectivity index is 1.94. The molecule has 2 rings (SSSR count). The number of hydrogen-bond acceptors (Lipinski definition) is 4. The maximum Gasteiger partial charge on any atom is 0.159 e. The number of benzene rings is 1. The lowest BCUT2D eigenvalue weighted by atomic mass is 10.1. The highest BCUT2D eigenvalue weighted by Crippen LogP contribution is 2.20. The third kappa shape index (κ3) is 3.59. The van der Waals surface area contributed by atoms with Crippen LogP contribution in [0.25, 0.3) is 0 Å². The molecule has 1 aromatic heterocycles. The van der Waals surface area contributed by atoms with Crippen molar-refractivity contribution in [2.75, 3.05) is 6.54 Å². The number of aryl methyl sites for hydroxylation is 1. The summed E-state index contributed by atoms with van der Waals surface area (Å²) in [4.78, 5) is 4.35. The average Bonchev–Trinajstić information content (AvgIpc) is 2.85. The van der Waals surface area contributed by atoms with Crippen LogP contribution in [0, 0.1) is 18.6 Å². The van der Waals surface area contributed by atoms with Crippen LogP contribution in [0.2, 0.25) is 0 Å². The molecule has 0 fully saturated rings.